The van der Waals surface area contributed by atoms with Crippen molar-refractivity contribution in [1.82, 2.24) is 19.7 Å². The third-order valence-corrected chi connectivity index (χ3v) is 7.43. The van der Waals surface area contributed by atoms with Gasteiger partial charge in [0.05, 0.1) is 43.7 Å². The number of rotatable bonds is 11. The highest BCUT2D eigenvalue weighted by molar-refractivity contribution is 5.98. The summed E-state index contributed by atoms with van der Waals surface area (Å²) in [6.07, 6.45) is 9.68. The molecule has 0 radical (unpaired) electrons. The summed E-state index contributed by atoms with van der Waals surface area (Å²) in [7, 11) is 1.63. The zero-order valence-corrected chi connectivity index (χ0v) is 26.3. The highest BCUT2D eigenvalue weighted by Crippen LogP contribution is 2.38. The van der Waals surface area contributed by atoms with Crippen LogP contribution in [0.5, 0.6) is 11.6 Å². The number of anilines is 1. The van der Waals surface area contributed by atoms with E-state index < -0.39 is 0 Å². The number of halogens is 2. The number of benzene rings is 1. The van der Waals surface area contributed by atoms with Crippen LogP contribution in [0.25, 0.3) is 0 Å². The number of aromatic nitrogens is 4. The molecular weight excluding hydrogens is 589 g/mol. The van der Waals surface area contributed by atoms with E-state index in [0.29, 0.717) is 38.1 Å². The fourth-order valence-electron chi connectivity index (χ4n) is 5.23. The quantitative estimate of drug-likeness (QED) is 0.201. The van der Waals surface area contributed by atoms with E-state index in [1.54, 1.807) is 36.7 Å². The first-order valence-corrected chi connectivity index (χ1v) is 14.1. The molecule has 1 amide bonds. The predicted octanol–water partition coefficient (Wildman–Crippen LogP) is 6.07. The van der Waals surface area contributed by atoms with Crippen molar-refractivity contribution < 1.29 is 19.4 Å². The molecule has 0 saturated carbocycles. The van der Waals surface area contributed by atoms with Crippen LogP contribution in [-0.4, -0.2) is 51.1 Å². The van der Waals surface area contributed by atoms with Crippen molar-refractivity contribution in [2.75, 3.05) is 25.2 Å². The summed E-state index contributed by atoms with van der Waals surface area (Å²) in [5, 5.41) is 15.0. The number of nitrogens with zero attached hydrogens (tertiary/aromatic N) is 5. The van der Waals surface area contributed by atoms with Crippen molar-refractivity contribution >= 4 is 36.4 Å². The molecular formula is C32H39Cl2N5O4. The number of phenols is 1. The van der Waals surface area contributed by atoms with E-state index in [4.69, 9.17) is 9.47 Å². The summed E-state index contributed by atoms with van der Waals surface area (Å²) in [4.78, 5) is 25.0. The van der Waals surface area contributed by atoms with Crippen LogP contribution in [0.1, 0.15) is 66.5 Å². The molecule has 1 N–H and O–H groups in total. The summed E-state index contributed by atoms with van der Waals surface area (Å²) in [5.74, 6) is 0.772. The Morgan fingerprint density at radius 1 is 1.05 bits per heavy atom. The van der Waals surface area contributed by atoms with Crippen molar-refractivity contribution in [1.29, 1.82) is 0 Å². The summed E-state index contributed by atoms with van der Waals surface area (Å²) in [6.45, 7) is 6.05. The molecule has 0 spiro atoms. The third kappa shape index (κ3) is 8.25. The molecule has 0 fully saturated rings. The highest BCUT2D eigenvalue weighted by Gasteiger charge is 2.32. The Labute approximate surface area is 265 Å². The number of aromatic hydroxyl groups is 1. The monoisotopic (exact) mass is 627 g/mol. The number of carbonyl (C=O) groups excluding carboxylic acids is 1. The van der Waals surface area contributed by atoms with Gasteiger partial charge in [-0.2, -0.15) is 5.10 Å². The fraction of sp³-hybridized carbons (Fsp3) is 0.375. The number of ether oxygens (including phenoxy) is 2. The minimum atomic E-state index is -0.332. The standard InChI is InChI=1S/C32H37N5O4.2ClH/c1-22(2)29-12-11-25(18-33-29)37(32(39)28-8-4-7-27-26(28)6-5-9-30(27)38)21-24-17-35-36(20-24)19-23-10-13-31(34-16-23)41-15-14-40-3;;/h5-6,9-13,16-18,20,22,28,38H,4,7-8,14-15,19,21H2,1-3H3;2*1H. The molecule has 3 aromatic heterocycles. The van der Waals surface area contributed by atoms with Gasteiger partial charge in [-0.3, -0.25) is 14.5 Å². The van der Waals surface area contributed by atoms with Crippen LogP contribution in [0, 0.1) is 0 Å². The van der Waals surface area contributed by atoms with E-state index in [1.807, 2.05) is 47.3 Å². The Morgan fingerprint density at radius 2 is 1.88 bits per heavy atom. The summed E-state index contributed by atoms with van der Waals surface area (Å²) >= 11 is 0. The average molecular weight is 629 g/mol. The van der Waals surface area contributed by atoms with Gasteiger partial charge >= 0.3 is 0 Å². The number of methoxy groups -OCH3 is 1. The molecule has 1 atom stereocenters. The highest BCUT2D eigenvalue weighted by atomic mass is 35.5. The van der Waals surface area contributed by atoms with Gasteiger partial charge in [0.15, 0.2) is 0 Å². The van der Waals surface area contributed by atoms with Gasteiger partial charge in [-0.15, -0.1) is 24.8 Å². The van der Waals surface area contributed by atoms with Gasteiger partial charge in [0.25, 0.3) is 0 Å². The molecule has 43 heavy (non-hydrogen) atoms. The van der Waals surface area contributed by atoms with E-state index in [9.17, 15) is 9.90 Å². The van der Waals surface area contributed by atoms with Crippen LogP contribution in [0.15, 0.2) is 67.3 Å². The van der Waals surface area contributed by atoms with Gasteiger partial charge in [-0.05, 0) is 60.1 Å². The van der Waals surface area contributed by atoms with Crippen molar-refractivity contribution in [2.24, 2.45) is 0 Å². The topological polar surface area (TPSA) is 103 Å². The summed E-state index contributed by atoms with van der Waals surface area (Å²) in [6, 6.07) is 13.2. The van der Waals surface area contributed by atoms with E-state index in [-0.39, 0.29) is 42.4 Å². The lowest BCUT2D eigenvalue weighted by molar-refractivity contribution is -0.120. The maximum absolute atomic E-state index is 14.2. The second kappa shape index (κ2) is 15.7. The molecule has 11 heteroatoms. The zero-order chi connectivity index (χ0) is 28.8. The SMILES string of the molecule is COCCOc1ccc(Cn2cc(CN(C(=O)C3CCCc4c(O)cccc43)c3ccc(C(C)C)nc3)cn2)cn1.Cl.Cl. The molecule has 3 heterocycles. The zero-order valence-electron chi connectivity index (χ0n) is 24.7. The lowest BCUT2D eigenvalue weighted by Gasteiger charge is -2.31. The van der Waals surface area contributed by atoms with Crippen LogP contribution < -0.4 is 9.64 Å². The second-order valence-electron chi connectivity index (χ2n) is 10.7. The Bertz CT molecular complexity index is 1460. The molecule has 230 valence electrons. The second-order valence-corrected chi connectivity index (χ2v) is 10.7. The first-order valence-electron chi connectivity index (χ1n) is 14.1. The molecule has 9 nitrogen and oxygen atoms in total. The third-order valence-electron chi connectivity index (χ3n) is 7.43. The lowest BCUT2D eigenvalue weighted by Crippen LogP contribution is -2.36. The minimum Gasteiger partial charge on any atom is -0.508 e. The van der Waals surface area contributed by atoms with Crippen molar-refractivity contribution in [3.05, 3.63) is 95.2 Å². The minimum absolute atomic E-state index is 0. The van der Waals surface area contributed by atoms with Gasteiger partial charge in [-0.1, -0.05) is 32.0 Å². The number of amides is 1. The van der Waals surface area contributed by atoms with Crippen LogP contribution in [-0.2, 0) is 29.0 Å². The largest absolute Gasteiger partial charge is 0.508 e. The number of hydrogen-bond donors (Lipinski definition) is 1. The van der Waals surface area contributed by atoms with Crippen LogP contribution in [0.3, 0.4) is 0 Å². The van der Waals surface area contributed by atoms with Crippen molar-refractivity contribution in [3.8, 4) is 11.6 Å². The maximum atomic E-state index is 14.2. The summed E-state index contributed by atoms with van der Waals surface area (Å²) < 4.78 is 12.4. The maximum Gasteiger partial charge on any atom is 0.234 e. The van der Waals surface area contributed by atoms with Crippen molar-refractivity contribution in [2.45, 2.75) is 58.0 Å². The summed E-state index contributed by atoms with van der Waals surface area (Å²) in [5.41, 5.74) is 5.40. The van der Waals surface area contributed by atoms with E-state index in [2.05, 4.69) is 28.9 Å². The first-order chi connectivity index (χ1) is 19.9. The number of pyridine rings is 2. The molecule has 1 aliphatic rings. The Kier molecular flexibility index (Phi) is 12.4. The molecule has 5 rings (SSSR count). The van der Waals surface area contributed by atoms with E-state index in [0.717, 1.165) is 52.9 Å². The number of fused-ring (bicyclic) bond motifs is 1. The van der Waals surface area contributed by atoms with Gasteiger partial charge in [0.2, 0.25) is 11.8 Å². The van der Waals surface area contributed by atoms with E-state index in [1.165, 1.54) is 0 Å². The Balaban J connectivity index is 0.00000253. The number of phenolic OH excluding ortho intramolecular Hbond substituents is 1. The predicted molar refractivity (Wildman–Crippen MR) is 171 cm³/mol. The normalized spacial score (nSPS) is 13.9. The molecule has 0 aliphatic heterocycles. The molecule has 0 saturated heterocycles. The molecule has 1 aliphatic carbocycles. The van der Waals surface area contributed by atoms with Crippen molar-refractivity contribution in [3.63, 3.8) is 0 Å². The molecule has 1 aromatic carbocycles. The smallest absolute Gasteiger partial charge is 0.234 e. The van der Waals surface area contributed by atoms with Gasteiger partial charge in [0.1, 0.15) is 12.4 Å². The van der Waals surface area contributed by atoms with Gasteiger partial charge < -0.3 is 19.5 Å². The first kappa shape index (κ1) is 33.8. The van der Waals surface area contributed by atoms with Crippen LogP contribution in [0.2, 0.25) is 0 Å². The average Bonchev–Trinajstić information content (AvgIpc) is 3.43. The van der Waals surface area contributed by atoms with E-state index >= 15 is 0 Å². The molecule has 1 unspecified atom stereocenters. The van der Waals surface area contributed by atoms with Crippen LogP contribution >= 0.6 is 24.8 Å². The fourth-order valence-corrected chi connectivity index (χ4v) is 5.23. The number of carbonyl (C=O) groups is 1. The molecule has 4 aromatic rings. The lowest BCUT2D eigenvalue weighted by atomic mass is 9.81. The number of hydrogen-bond acceptors (Lipinski definition) is 7. The van der Waals surface area contributed by atoms with Gasteiger partial charge in [-0.25, -0.2) is 4.98 Å². The Hall–Kier alpha value is -3.66. The van der Waals surface area contributed by atoms with Crippen LogP contribution in [0.4, 0.5) is 5.69 Å². The molecule has 0 bridgehead atoms. The Morgan fingerprint density at radius 3 is 2.58 bits per heavy atom. The van der Waals surface area contributed by atoms with Gasteiger partial charge in [0, 0.05) is 36.8 Å².